The number of aliphatic carboxylic acids is 1. The first-order valence-electron chi connectivity index (χ1n) is 9.27. The number of carboxylic acids is 1. The van der Waals surface area contributed by atoms with Gasteiger partial charge in [0.25, 0.3) is 0 Å². The van der Waals surface area contributed by atoms with E-state index in [4.69, 9.17) is 9.47 Å². The van der Waals surface area contributed by atoms with Gasteiger partial charge in [0.15, 0.2) is 6.10 Å². The van der Waals surface area contributed by atoms with Crippen molar-refractivity contribution < 1.29 is 42.1 Å². The molecule has 0 spiro atoms. The Morgan fingerprint density at radius 1 is 1.06 bits per heavy atom. The van der Waals surface area contributed by atoms with E-state index in [0.717, 1.165) is 12.1 Å². The van der Waals surface area contributed by atoms with Gasteiger partial charge in [0.2, 0.25) is 0 Å². The molecule has 0 saturated carbocycles. The summed E-state index contributed by atoms with van der Waals surface area (Å²) in [6, 6.07) is 11.6. The lowest BCUT2D eigenvalue weighted by Crippen LogP contribution is -2.29. The largest absolute Gasteiger partial charge is 0.573 e. The monoisotopic (exact) mass is 441 g/mol. The Bertz CT molecular complexity index is 901. The van der Waals surface area contributed by atoms with Crippen LogP contribution in [0.5, 0.6) is 5.75 Å². The molecule has 0 bridgehead atoms. The summed E-state index contributed by atoms with van der Waals surface area (Å²) in [4.78, 5) is 23.4. The first-order valence-corrected chi connectivity index (χ1v) is 9.27. The summed E-state index contributed by atoms with van der Waals surface area (Å²) in [5.41, 5.74) is 1.30. The Labute approximate surface area is 176 Å². The molecule has 2 aromatic carbocycles. The van der Waals surface area contributed by atoms with E-state index in [9.17, 15) is 27.9 Å². The van der Waals surface area contributed by atoms with E-state index in [2.05, 4.69) is 10.1 Å². The van der Waals surface area contributed by atoms with Crippen LogP contribution in [0.1, 0.15) is 25.0 Å². The van der Waals surface area contributed by atoms with Crippen LogP contribution in [0, 0.1) is 0 Å². The minimum Gasteiger partial charge on any atom is -0.479 e. The van der Waals surface area contributed by atoms with Crippen LogP contribution in [-0.2, 0) is 27.3 Å². The number of nitrogens with one attached hydrogen (secondary N) is 1. The summed E-state index contributed by atoms with van der Waals surface area (Å²) in [7, 11) is 0. The summed E-state index contributed by atoms with van der Waals surface area (Å²) in [6.07, 6.45) is -6.84. The number of carbonyl (C=O) groups excluding carboxylic acids is 1. The topological polar surface area (TPSA) is 94.1 Å². The van der Waals surface area contributed by atoms with Gasteiger partial charge in [-0.2, -0.15) is 0 Å². The fourth-order valence-corrected chi connectivity index (χ4v) is 2.65. The van der Waals surface area contributed by atoms with Gasteiger partial charge >= 0.3 is 18.4 Å². The first kappa shape index (κ1) is 24.0. The van der Waals surface area contributed by atoms with Gasteiger partial charge in [0.1, 0.15) is 12.4 Å². The number of anilines is 1. The first-order chi connectivity index (χ1) is 14.5. The number of benzene rings is 2. The number of halogens is 3. The van der Waals surface area contributed by atoms with Gasteiger partial charge in [-0.15, -0.1) is 13.2 Å². The van der Waals surface area contributed by atoms with Crippen LogP contribution in [0.25, 0.3) is 0 Å². The standard InChI is InChI=1S/C21H22F3NO6/c1-13(2)30-18(19(26)27)11-14-5-3-7-16(9-14)25-20(28)29-12-15-6-4-8-17(10-15)31-21(22,23)24/h3-10,13,18H,11-12H2,1-2H3,(H,25,28)(H,26,27). The average molecular weight is 441 g/mol. The number of ether oxygens (including phenoxy) is 3. The van der Waals surface area contributed by atoms with E-state index in [-0.39, 0.29) is 19.1 Å². The van der Waals surface area contributed by atoms with E-state index in [1.54, 1.807) is 38.1 Å². The normalized spacial score (nSPS) is 12.3. The molecule has 31 heavy (non-hydrogen) atoms. The van der Waals surface area contributed by atoms with Crippen molar-refractivity contribution in [2.75, 3.05) is 5.32 Å². The molecule has 1 amide bonds. The molecule has 10 heteroatoms. The molecule has 1 unspecified atom stereocenters. The van der Waals surface area contributed by atoms with Crippen LogP contribution in [0.2, 0.25) is 0 Å². The molecule has 1 atom stereocenters. The Morgan fingerprint density at radius 2 is 1.74 bits per heavy atom. The Morgan fingerprint density at radius 3 is 2.39 bits per heavy atom. The summed E-state index contributed by atoms with van der Waals surface area (Å²) >= 11 is 0. The maximum absolute atomic E-state index is 12.3. The van der Waals surface area contributed by atoms with Crippen molar-refractivity contribution in [3.05, 3.63) is 59.7 Å². The molecule has 0 fully saturated rings. The molecule has 0 aliphatic carbocycles. The van der Waals surface area contributed by atoms with Crippen LogP contribution < -0.4 is 10.1 Å². The minimum absolute atomic E-state index is 0.101. The zero-order valence-corrected chi connectivity index (χ0v) is 16.8. The lowest BCUT2D eigenvalue weighted by Gasteiger charge is -2.17. The zero-order valence-electron chi connectivity index (χ0n) is 16.8. The highest BCUT2D eigenvalue weighted by atomic mass is 19.4. The second-order valence-electron chi connectivity index (χ2n) is 6.81. The minimum atomic E-state index is -4.82. The van der Waals surface area contributed by atoms with Crippen molar-refractivity contribution in [1.29, 1.82) is 0 Å². The molecule has 0 saturated heterocycles. The molecule has 0 aromatic heterocycles. The summed E-state index contributed by atoms with van der Waals surface area (Å²) in [5, 5.41) is 11.8. The predicted molar refractivity (Wildman–Crippen MR) is 105 cm³/mol. The molecule has 7 nitrogen and oxygen atoms in total. The third-order valence-electron chi connectivity index (χ3n) is 3.81. The molecule has 0 radical (unpaired) electrons. The SMILES string of the molecule is CC(C)OC(Cc1cccc(NC(=O)OCc2cccc(OC(F)(F)F)c2)c1)C(=O)O. The van der Waals surface area contributed by atoms with Crippen molar-refractivity contribution in [2.24, 2.45) is 0 Å². The van der Waals surface area contributed by atoms with Crippen LogP contribution in [0.3, 0.4) is 0 Å². The van der Waals surface area contributed by atoms with E-state index >= 15 is 0 Å². The number of alkyl halides is 3. The van der Waals surface area contributed by atoms with E-state index < -0.39 is 30.3 Å². The van der Waals surface area contributed by atoms with Crippen molar-refractivity contribution in [1.82, 2.24) is 0 Å². The number of rotatable bonds is 9. The number of amides is 1. The second-order valence-corrected chi connectivity index (χ2v) is 6.81. The lowest BCUT2D eigenvalue weighted by atomic mass is 10.1. The van der Waals surface area contributed by atoms with E-state index in [0.29, 0.717) is 16.8 Å². The highest BCUT2D eigenvalue weighted by Crippen LogP contribution is 2.23. The summed E-state index contributed by atoms with van der Waals surface area (Å²) in [6.45, 7) is 3.19. The van der Waals surface area contributed by atoms with Crippen molar-refractivity contribution in [3.8, 4) is 5.75 Å². The Hall–Kier alpha value is -3.27. The quantitative estimate of drug-likeness (QED) is 0.583. The van der Waals surface area contributed by atoms with Gasteiger partial charge in [-0.1, -0.05) is 24.3 Å². The summed E-state index contributed by atoms with van der Waals surface area (Å²) in [5.74, 6) is -1.51. The molecule has 0 aliphatic heterocycles. The maximum Gasteiger partial charge on any atom is 0.573 e. The number of carboxylic acid groups (broad SMARTS) is 1. The van der Waals surface area contributed by atoms with E-state index in [1.165, 1.54) is 12.1 Å². The van der Waals surface area contributed by atoms with Gasteiger partial charge in [0, 0.05) is 12.1 Å². The summed E-state index contributed by atoms with van der Waals surface area (Å²) < 4.78 is 51.1. The Kier molecular flexibility index (Phi) is 8.26. The molecular weight excluding hydrogens is 419 g/mol. The molecule has 2 N–H and O–H groups in total. The van der Waals surface area contributed by atoms with Crippen molar-refractivity contribution in [2.45, 2.75) is 45.4 Å². The van der Waals surface area contributed by atoms with Crippen molar-refractivity contribution >= 4 is 17.7 Å². The van der Waals surface area contributed by atoms with Gasteiger partial charge in [0.05, 0.1) is 6.10 Å². The molecule has 0 aliphatic rings. The van der Waals surface area contributed by atoms with Gasteiger partial charge in [-0.3, -0.25) is 5.32 Å². The van der Waals surface area contributed by atoms with Gasteiger partial charge < -0.3 is 19.3 Å². The highest BCUT2D eigenvalue weighted by molar-refractivity contribution is 5.84. The average Bonchev–Trinajstić information content (AvgIpc) is 2.65. The lowest BCUT2D eigenvalue weighted by molar-refractivity contribution is -0.274. The Balaban J connectivity index is 1.93. The van der Waals surface area contributed by atoms with Gasteiger partial charge in [-0.05, 0) is 49.2 Å². The zero-order chi connectivity index (χ0) is 23.0. The van der Waals surface area contributed by atoms with Crippen LogP contribution >= 0.6 is 0 Å². The predicted octanol–water partition coefficient (Wildman–Crippen LogP) is 4.75. The number of hydrogen-bond acceptors (Lipinski definition) is 5. The number of hydrogen-bond donors (Lipinski definition) is 2. The third-order valence-corrected chi connectivity index (χ3v) is 3.81. The fraction of sp³-hybridized carbons (Fsp3) is 0.333. The molecular formula is C21H22F3NO6. The smallest absolute Gasteiger partial charge is 0.479 e. The molecule has 2 rings (SSSR count). The van der Waals surface area contributed by atoms with Crippen LogP contribution in [0.4, 0.5) is 23.7 Å². The third kappa shape index (κ3) is 8.95. The van der Waals surface area contributed by atoms with Crippen LogP contribution in [-0.4, -0.2) is 35.7 Å². The van der Waals surface area contributed by atoms with Crippen molar-refractivity contribution in [3.63, 3.8) is 0 Å². The maximum atomic E-state index is 12.3. The van der Waals surface area contributed by atoms with Crippen LogP contribution in [0.15, 0.2) is 48.5 Å². The molecule has 0 heterocycles. The second kappa shape index (κ2) is 10.7. The molecule has 2 aromatic rings. The fourth-order valence-electron chi connectivity index (χ4n) is 2.65. The molecule has 168 valence electrons. The highest BCUT2D eigenvalue weighted by Gasteiger charge is 2.31. The number of carbonyl (C=O) groups is 2. The van der Waals surface area contributed by atoms with E-state index in [1.807, 2.05) is 0 Å². The van der Waals surface area contributed by atoms with Gasteiger partial charge in [-0.25, -0.2) is 9.59 Å².